The number of imidazole rings is 1. The predicted octanol–water partition coefficient (Wildman–Crippen LogP) is 6.15. The molecular weight excluding hydrogens is 434 g/mol. The number of carbonyl (C=O) groups is 1. The molecule has 6 nitrogen and oxygen atoms in total. The third-order valence-electron chi connectivity index (χ3n) is 7.85. The van der Waals surface area contributed by atoms with E-state index in [1.165, 1.54) is 24.9 Å². The van der Waals surface area contributed by atoms with Crippen LogP contribution in [0.3, 0.4) is 0 Å². The molecule has 2 heterocycles. The number of hydrogen-bond acceptors (Lipinski definition) is 4. The summed E-state index contributed by atoms with van der Waals surface area (Å²) in [5.41, 5.74) is 3.06. The van der Waals surface area contributed by atoms with E-state index in [-0.39, 0.29) is 12.1 Å². The van der Waals surface area contributed by atoms with Crippen LogP contribution in [0.1, 0.15) is 58.3 Å². The third-order valence-corrected chi connectivity index (χ3v) is 7.85. The number of nitrogens with zero attached hydrogens (tertiary/aromatic N) is 5. The minimum atomic E-state index is 0.112. The molecule has 3 aromatic rings. The number of rotatable bonds is 8. The Bertz CT molecular complexity index is 1120. The largest absolute Gasteiger partial charge is 0.375 e. The summed E-state index contributed by atoms with van der Waals surface area (Å²) < 4.78 is 1.92. The highest BCUT2D eigenvalue weighted by Crippen LogP contribution is 2.33. The summed E-state index contributed by atoms with van der Waals surface area (Å²) in [6.45, 7) is 4.86. The number of carbonyl (C=O) groups excluding carboxylic acids is 1. The summed E-state index contributed by atoms with van der Waals surface area (Å²) in [4.78, 5) is 26.2. The summed E-state index contributed by atoms with van der Waals surface area (Å²) in [5.74, 6) is 0.829. The Hall–Kier alpha value is -3.02. The Kier molecular flexibility index (Phi) is 7.26. The zero-order valence-electron chi connectivity index (χ0n) is 21.3. The molecule has 35 heavy (non-hydrogen) atoms. The molecular formula is C29H39N5O. The molecule has 0 saturated heterocycles. The Labute approximate surface area is 209 Å². The van der Waals surface area contributed by atoms with Crippen molar-refractivity contribution in [3.8, 4) is 0 Å². The molecule has 2 aliphatic rings. The zero-order valence-corrected chi connectivity index (χ0v) is 21.3. The fraction of sp³-hybridized carbons (Fsp3) is 0.517. The lowest BCUT2D eigenvalue weighted by Crippen LogP contribution is -2.49. The van der Waals surface area contributed by atoms with Crippen molar-refractivity contribution in [2.24, 2.45) is 0 Å². The van der Waals surface area contributed by atoms with E-state index in [4.69, 9.17) is 4.98 Å². The van der Waals surface area contributed by atoms with E-state index in [9.17, 15) is 4.79 Å². The molecule has 1 fully saturated rings. The Morgan fingerprint density at radius 2 is 1.74 bits per heavy atom. The molecule has 186 valence electrons. The Morgan fingerprint density at radius 3 is 2.51 bits per heavy atom. The van der Waals surface area contributed by atoms with Gasteiger partial charge in [0.15, 0.2) is 0 Å². The van der Waals surface area contributed by atoms with Crippen molar-refractivity contribution in [2.75, 3.05) is 36.5 Å². The fourth-order valence-corrected chi connectivity index (χ4v) is 5.80. The first-order valence-electron chi connectivity index (χ1n) is 13.5. The second-order valence-electron chi connectivity index (χ2n) is 10.2. The quantitative estimate of drug-likeness (QED) is 0.393. The van der Waals surface area contributed by atoms with E-state index < -0.39 is 0 Å². The minimum absolute atomic E-state index is 0.112. The maximum atomic E-state index is 14.1. The van der Waals surface area contributed by atoms with Crippen molar-refractivity contribution in [1.82, 2.24) is 14.5 Å². The van der Waals surface area contributed by atoms with Crippen molar-refractivity contribution in [2.45, 2.75) is 70.4 Å². The molecule has 1 unspecified atom stereocenters. The van der Waals surface area contributed by atoms with Crippen LogP contribution in [0.4, 0.5) is 16.4 Å². The van der Waals surface area contributed by atoms with Crippen molar-refractivity contribution >= 4 is 28.7 Å². The van der Waals surface area contributed by atoms with Gasteiger partial charge in [0.05, 0.1) is 17.1 Å². The van der Waals surface area contributed by atoms with Gasteiger partial charge in [0.25, 0.3) is 0 Å². The predicted molar refractivity (Wildman–Crippen MR) is 144 cm³/mol. The molecule has 1 aliphatic heterocycles. The average Bonchev–Trinajstić information content (AvgIpc) is 3.24. The molecule has 1 atom stereocenters. The third kappa shape index (κ3) is 4.89. The standard InChI is InChI=1S/C29H39N5O/c1-3-4-20-32-25(19-21-31(2)23-13-7-5-8-14-23)22-33(24-15-9-6-10-16-24)29(35)34-27-18-12-11-17-26(27)30-28(32)34/h5,7-8,11-14,17-18,24-25H,3-4,6,9-10,15-16,19-22H2,1-2H3. The average molecular weight is 474 g/mol. The van der Waals surface area contributed by atoms with Crippen molar-refractivity contribution in [1.29, 1.82) is 0 Å². The zero-order chi connectivity index (χ0) is 24.2. The fourth-order valence-electron chi connectivity index (χ4n) is 5.80. The molecule has 1 amide bonds. The lowest BCUT2D eigenvalue weighted by atomic mass is 9.94. The van der Waals surface area contributed by atoms with E-state index in [0.717, 1.165) is 68.7 Å². The van der Waals surface area contributed by atoms with Gasteiger partial charge in [-0.05, 0) is 49.9 Å². The molecule has 6 heteroatoms. The van der Waals surface area contributed by atoms with Crippen LogP contribution in [-0.2, 0) is 0 Å². The first-order valence-corrected chi connectivity index (χ1v) is 13.5. The highest BCUT2D eigenvalue weighted by atomic mass is 16.2. The number of hydrogen-bond donors (Lipinski definition) is 0. The van der Waals surface area contributed by atoms with Crippen molar-refractivity contribution in [3.05, 3.63) is 54.6 Å². The van der Waals surface area contributed by atoms with Gasteiger partial charge in [-0.2, -0.15) is 0 Å². The number of unbranched alkanes of at least 4 members (excludes halogenated alkanes) is 1. The van der Waals surface area contributed by atoms with Crippen LogP contribution in [0.5, 0.6) is 0 Å². The van der Waals surface area contributed by atoms with E-state index in [2.05, 4.69) is 59.0 Å². The molecule has 0 bridgehead atoms. The van der Waals surface area contributed by atoms with E-state index in [0.29, 0.717) is 6.04 Å². The van der Waals surface area contributed by atoms with Gasteiger partial charge in [0.2, 0.25) is 5.95 Å². The molecule has 2 aromatic carbocycles. The number of anilines is 2. The van der Waals surface area contributed by atoms with Gasteiger partial charge in [-0.25, -0.2) is 14.3 Å². The SMILES string of the molecule is CCCCN1c2nc3ccccc3n2C(=O)N(C2CCCCC2)CC1CCN(C)c1ccccc1. The maximum Gasteiger partial charge on any atom is 0.331 e. The minimum Gasteiger partial charge on any atom is -0.375 e. The van der Waals surface area contributed by atoms with Crippen LogP contribution in [0.2, 0.25) is 0 Å². The monoisotopic (exact) mass is 473 g/mol. The van der Waals surface area contributed by atoms with Crippen molar-refractivity contribution in [3.63, 3.8) is 0 Å². The van der Waals surface area contributed by atoms with Crippen LogP contribution in [0, 0.1) is 0 Å². The van der Waals surface area contributed by atoms with Crippen LogP contribution in [-0.4, -0.2) is 59.2 Å². The van der Waals surface area contributed by atoms with Gasteiger partial charge < -0.3 is 14.7 Å². The molecule has 1 saturated carbocycles. The van der Waals surface area contributed by atoms with Crippen LogP contribution in [0.15, 0.2) is 54.6 Å². The van der Waals surface area contributed by atoms with Crippen LogP contribution in [0.25, 0.3) is 11.0 Å². The second-order valence-corrected chi connectivity index (χ2v) is 10.2. The summed E-state index contributed by atoms with van der Waals surface area (Å²) in [6.07, 6.45) is 9.12. The highest BCUT2D eigenvalue weighted by Gasteiger charge is 2.38. The molecule has 0 N–H and O–H groups in total. The van der Waals surface area contributed by atoms with E-state index in [1.54, 1.807) is 0 Å². The Morgan fingerprint density at radius 1 is 1.00 bits per heavy atom. The van der Waals surface area contributed by atoms with E-state index >= 15 is 0 Å². The molecule has 0 spiro atoms. The number of para-hydroxylation sites is 3. The van der Waals surface area contributed by atoms with Crippen LogP contribution >= 0.6 is 0 Å². The van der Waals surface area contributed by atoms with Gasteiger partial charge >= 0.3 is 6.03 Å². The van der Waals surface area contributed by atoms with Gasteiger partial charge in [0.1, 0.15) is 0 Å². The molecule has 5 rings (SSSR count). The Balaban J connectivity index is 1.52. The summed E-state index contributed by atoms with van der Waals surface area (Å²) >= 11 is 0. The summed E-state index contributed by atoms with van der Waals surface area (Å²) in [7, 11) is 2.17. The second kappa shape index (κ2) is 10.7. The number of benzene rings is 2. The lowest BCUT2D eigenvalue weighted by molar-refractivity contribution is 0.155. The normalized spacial score (nSPS) is 19.1. The number of amides is 1. The topological polar surface area (TPSA) is 44.6 Å². The van der Waals surface area contributed by atoms with E-state index in [1.807, 2.05) is 28.8 Å². The smallest absolute Gasteiger partial charge is 0.331 e. The van der Waals surface area contributed by atoms with Crippen LogP contribution < -0.4 is 9.80 Å². The van der Waals surface area contributed by atoms with Gasteiger partial charge in [-0.3, -0.25) is 0 Å². The van der Waals surface area contributed by atoms with Gasteiger partial charge in [-0.1, -0.05) is 62.9 Å². The number of fused-ring (bicyclic) bond motifs is 3. The number of aromatic nitrogens is 2. The summed E-state index contributed by atoms with van der Waals surface area (Å²) in [5, 5.41) is 0. The first kappa shape index (κ1) is 23.7. The van der Waals surface area contributed by atoms with Gasteiger partial charge in [-0.15, -0.1) is 0 Å². The van der Waals surface area contributed by atoms with Crippen molar-refractivity contribution < 1.29 is 4.79 Å². The summed E-state index contributed by atoms with van der Waals surface area (Å²) in [6, 6.07) is 19.4. The highest BCUT2D eigenvalue weighted by molar-refractivity contribution is 5.94. The maximum absolute atomic E-state index is 14.1. The molecule has 1 aliphatic carbocycles. The van der Waals surface area contributed by atoms with Gasteiger partial charge in [0, 0.05) is 38.4 Å². The molecule has 1 aromatic heterocycles. The molecule has 0 radical (unpaired) electrons. The first-order chi connectivity index (χ1) is 17.2. The lowest BCUT2D eigenvalue weighted by Gasteiger charge is -2.37.